The predicted octanol–water partition coefficient (Wildman–Crippen LogP) is 4.02. The Morgan fingerprint density at radius 3 is 2.66 bits per heavy atom. The van der Waals surface area contributed by atoms with Gasteiger partial charge in [-0.2, -0.15) is 4.80 Å². The second-order valence-electron chi connectivity index (χ2n) is 6.27. The zero-order valence-corrected chi connectivity index (χ0v) is 16.1. The van der Waals surface area contributed by atoms with Gasteiger partial charge in [-0.1, -0.05) is 30.3 Å². The predicted molar refractivity (Wildman–Crippen MR) is 109 cm³/mol. The Hall–Kier alpha value is -3.46. The summed E-state index contributed by atoms with van der Waals surface area (Å²) in [5.74, 6) is 0.134. The van der Waals surface area contributed by atoms with E-state index in [0.717, 1.165) is 11.1 Å². The average molecular weight is 408 g/mol. The molecule has 0 aliphatic carbocycles. The van der Waals surface area contributed by atoms with Crippen molar-refractivity contribution in [3.05, 3.63) is 65.8 Å². The number of carbonyl (C=O) groups excluding carboxylic acids is 1. The van der Waals surface area contributed by atoms with Gasteiger partial charge in [0.15, 0.2) is 5.13 Å². The van der Waals surface area contributed by atoms with Crippen LogP contribution in [0.5, 0.6) is 0 Å². The number of halogens is 1. The monoisotopic (exact) mass is 408 g/mol. The molecule has 4 aromatic rings. The van der Waals surface area contributed by atoms with E-state index < -0.39 is 0 Å². The SMILES string of the molecule is O=C(CCCn1nnc(-c2ccccc2)n1)Nc1nc(-c2ccc(F)cc2)cs1. The fourth-order valence-electron chi connectivity index (χ4n) is 2.69. The Morgan fingerprint density at radius 2 is 1.86 bits per heavy atom. The van der Waals surface area contributed by atoms with E-state index in [1.54, 1.807) is 12.1 Å². The third kappa shape index (κ3) is 4.88. The highest BCUT2D eigenvalue weighted by Crippen LogP contribution is 2.25. The molecule has 1 N–H and O–H groups in total. The van der Waals surface area contributed by atoms with Crippen LogP contribution in [0.1, 0.15) is 12.8 Å². The molecular formula is C20H17FN6OS. The summed E-state index contributed by atoms with van der Waals surface area (Å²) in [5.41, 5.74) is 2.40. The molecule has 0 aliphatic heterocycles. The number of tetrazole rings is 1. The summed E-state index contributed by atoms with van der Waals surface area (Å²) in [4.78, 5) is 18.0. The van der Waals surface area contributed by atoms with Gasteiger partial charge in [0.05, 0.1) is 12.2 Å². The quantitative estimate of drug-likeness (QED) is 0.499. The van der Waals surface area contributed by atoms with Crippen molar-refractivity contribution in [3.63, 3.8) is 0 Å². The van der Waals surface area contributed by atoms with E-state index in [9.17, 15) is 9.18 Å². The summed E-state index contributed by atoms with van der Waals surface area (Å²) in [7, 11) is 0. The van der Waals surface area contributed by atoms with Crippen LogP contribution in [0, 0.1) is 5.82 Å². The van der Waals surface area contributed by atoms with Crippen LogP contribution in [0.3, 0.4) is 0 Å². The molecule has 4 rings (SSSR count). The minimum absolute atomic E-state index is 0.131. The Morgan fingerprint density at radius 1 is 1.07 bits per heavy atom. The molecule has 0 radical (unpaired) electrons. The lowest BCUT2D eigenvalue weighted by atomic mass is 10.2. The van der Waals surface area contributed by atoms with E-state index >= 15 is 0 Å². The van der Waals surface area contributed by atoms with Crippen LogP contribution in [0.25, 0.3) is 22.6 Å². The van der Waals surface area contributed by atoms with E-state index in [4.69, 9.17) is 0 Å². The van der Waals surface area contributed by atoms with Gasteiger partial charge in [0, 0.05) is 22.9 Å². The van der Waals surface area contributed by atoms with Gasteiger partial charge in [0.25, 0.3) is 0 Å². The van der Waals surface area contributed by atoms with Gasteiger partial charge in [-0.05, 0) is 35.9 Å². The standard InChI is InChI=1S/C20H17FN6OS/c21-16-10-8-14(9-11-16)17-13-29-20(22-17)23-18(28)7-4-12-27-25-19(24-26-27)15-5-2-1-3-6-15/h1-3,5-6,8-11,13H,4,7,12H2,(H,22,23,28). The van der Waals surface area contributed by atoms with Crippen molar-refractivity contribution in [2.75, 3.05) is 5.32 Å². The summed E-state index contributed by atoms with van der Waals surface area (Å²) in [6.07, 6.45) is 0.889. The number of aromatic nitrogens is 5. The molecule has 0 spiro atoms. The molecule has 0 saturated carbocycles. The van der Waals surface area contributed by atoms with Crippen molar-refractivity contribution in [2.24, 2.45) is 0 Å². The Bertz CT molecular complexity index is 1090. The maximum Gasteiger partial charge on any atom is 0.226 e. The molecule has 2 heterocycles. The molecule has 2 aromatic carbocycles. The van der Waals surface area contributed by atoms with Crippen LogP contribution < -0.4 is 5.32 Å². The van der Waals surface area contributed by atoms with Gasteiger partial charge in [0.1, 0.15) is 5.82 Å². The highest BCUT2D eigenvalue weighted by atomic mass is 32.1. The van der Waals surface area contributed by atoms with Crippen molar-refractivity contribution in [1.82, 2.24) is 25.2 Å². The lowest BCUT2D eigenvalue weighted by Crippen LogP contribution is -2.13. The van der Waals surface area contributed by atoms with Crippen LogP contribution in [0.4, 0.5) is 9.52 Å². The Labute approximate surface area is 170 Å². The van der Waals surface area contributed by atoms with Crippen molar-refractivity contribution >= 4 is 22.4 Å². The number of amides is 1. The van der Waals surface area contributed by atoms with Gasteiger partial charge in [-0.15, -0.1) is 21.5 Å². The molecule has 2 aromatic heterocycles. The fraction of sp³-hybridized carbons (Fsp3) is 0.150. The number of nitrogens with one attached hydrogen (secondary N) is 1. The number of hydrogen-bond acceptors (Lipinski definition) is 6. The number of rotatable bonds is 7. The molecule has 0 aliphatic rings. The van der Waals surface area contributed by atoms with Gasteiger partial charge in [0.2, 0.25) is 11.7 Å². The molecular weight excluding hydrogens is 391 g/mol. The lowest BCUT2D eigenvalue weighted by Gasteiger charge is -2.01. The van der Waals surface area contributed by atoms with Crippen LogP contribution in [-0.2, 0) is 11.3 Å². The van der Waals surface area contributed by atoms with Crippen molar-refractivity contribution in [3.8, 4) is 22.6 Å². The van der Waals surface area contributed by atoms with Gasteiger partial charge in [-0.3, -0.25) is 4.79 Å². The minimum Gasteiger partial charge on any atom is -0.302 e. The van der Waals surface area contributed by atoms with Crippen molar-refractivity contribution < 1.29 is 9.18 Å². The molecule has 1 amide bonds. The third-order valence-corrected chi connectivity index (χ3v) is 4.90. The van der Waals surface area contributed by atoms with Crippen LogP contribution in [-0.4, -0.2) is 31.1 Å². The summed E-state index contributed by atoms with van der Waals surface area (Å²) in [6, 6.07) is 15.7. The summed E-state index contributed by atoms with van der Waals surface area (Å²) >= 11 is 1.33. The number of carbonyl (C=O) groups is 1. The zero-order valence-electron chi connectivity index (χ0n) is 15.3. The highest BCUT2D eigenvalue weighted by molar-refractivity contribution is 7.14. The zero-order chi connectivity index (χ0) is 20.1. The number of aryl methyl sites for hydroxylation is 1. The summed E-state index contributed by atoms with van der Waals surface area (Å²) in [5, 5.41) is 17.5. The van der Waals surface area contributed by atoms with Crippen LogP contribution >= 0.6 is 11.3 Å². The Balaban J connectivity index is 1.27. The molecule has 0 unspecified atom stereocenters. The first-order valence-electron chi connectivity index (χ1n) is 9.02. The van der Waals surface area contributed by atoms with Gasteiger partial charge in [-0.25, -0.2) is 9.37 Å². The van der Waals surface area contributed by atoms with E-state index in [1.807, 2.05) is 35.7 Å². The fourth-order valence-corrected chi connectivity index (χ4v) is 3.42. The summed E-state index contributed by atoms with van der Waals surface area (Å²) in [6.45, 7) is 0.492. The maximum absolute atomic E-state index is 13.0. The normalized spacial score (nSPS) is 10.8. The molecule has 29 heavy (non-hydrogen) atoms. The largest absolute Gasteiger partial charge is 0.302 e. The number of thiazole rings is 1. The molecule has 0 bridgehead atoms. The molecule has 9 heteroatoms. The van der Waals surface area contributed by atoms with E-state index in [1.165, 1.54) is 28.3 Å². The van der Waals surface area contributed by atoms with E-state index in [-0.39, 0.29) is 11.7 Å². The van der Waals surface area contributed by atoms with Crippen molar-refractivity contribution in [1.29, 1.82) is 0 Å². The maximum atomic E-state index is 13.0. The van der Waals surface area contributed by atoms with Gasteiger partial charge < -0.3 is 5.32 Å². The van der Waals surface area contributed by atoms with Gasteiger partial charge >= 0.3 is 0 Å². The number of nitrogens with zero attached hydrogens (tertiary/aromatic N) is 5. The van der Waals surface area contributed by atoms with Crippen molar-refractivity contribution in [2.45, 2.75) is 19.4 Å². The lowest BCUT2D eigenvalue weighted by molar-refractivity contribution is -0.116. The number of benzene rings is 2. The molecule has 146 valence electrons. The smallest absolute Gasteiger partial charge is 0.226 e. The second kappa shape index (κ2) is 8.70. The topological polar surface area (TPSA) is 85.6 Å². The highest BCUT2D eigenvalue weighted by Gasteiger charge is 2.10. The van der Waals surface area contributed by atoms with Crippen LogP contribution in [0.15, 0.2) is 60.0 Å². The first-order valence-corrected chi connectivity index (χ1v) is 9.90. The minimum atomic E-state index is -0.296. The van der Waals surface area contributed by atoms with E-state index in [2.05, 4.69) is 25.7 Å². The van der Waals surface area contributed by atoms with Crippen LogP contribution in [0.2, 0.25) is 0 Å². The second-order valence-corrected chi connectivity index (χ2v) is 7.13. The third-order valence-electron chi connectivity index (χ3n) is 4.14. The summed E-state index contributed by atoms with van der Waals surface area (Å²) < 4.78 is 13.0. The molecule has 0 fully saturated rings. The Kier molecular flexibility index (Phi) is 5.66. The first kappa shape index (κ1) is 18.9. The first-order chi connectivity index (χ1) is 14.2. The molecule has 0 atom stereocenters. The number of hydrogen-bond donors (Lipinski definition) is 1. The number of anilines is 1. The molecule has 7 nitrogen and oxygen atoms in total. The average Bonchev–Trinajstić information content (AvgIpc) is 3.39. The van der Waals surface area contributed by atoms with E-state index in [0.29, 0.717) is 36.0 Å². The molecule has 0 saturated heterocycles.